The number of benzene rings is 1. The normalized spacial score (nSPS) is 14.6. The first-order chi connectivity index (χ1) is 14.2. The average molecular weight is 407 g/mol. The number of aromatic nitrogens is 4. The van der Waals surface area contributed by atoms with Crippen LogP contribution in [0.1, 0.15) is 29.6 Å². The Kier molecular flexibility index (Phi) is 4.43. The van der Waals surface area contributed by atoms with E-state index < -0.39 is 0 Å². The van der Waals surface area contributed by atoms with Crippen molar-refractivity contribution < 1.29 is 4.79 Å². The lowest BCUT2D eigenvalue weighted by Gasteiger charge is -2.26. The molecule has 0 aliphatic carbocycles. The Morgan fingerprint density at radius 3 is 2.76 bits per heavy atom. The molecule has 4 aromatic rings. The lowest BCUT2D eigenvalue weighted by atomic mass is 10.1. The lowest BCUT2D eigenvalue weighted by molar-refractivity contribution is 0.0724. The van der Waals surface area contributed by atoms with Crippen LogP contribution in [0.4, 0.5) is 5.82 Å². The predicted molar refractivity (Wildman–Crippen MR) is 116 cm³/mol. The molecule has 1 saturated heterocycles. The number of likely N-dealkylation sites (tertiary alicyclic amines) is 1. The molecule has 1 aliphatic rings. The fourth-order valence-corrected chi connectivity index (χ4v) is 4.88. The summed E-state index contributed by atoms with van der Waals surface area (Å²) in [4.78, 5) is 29.8. The van der Waals surface area contributed by atoms with E-state index >= 15 is 0 Å². The number of nitrogens with one attached hydrogen (secondary N) is 1. The fourth-order valence-electron chi connectivity index (χ4n) is 3.94. The second-order valence-electron chi connectivity index (χ2n) is 7.37. The Labute approximate surface area is 172 Å². The van der Waals surface area contributed by atoms with E-state index in [1.807, 2.05) is 47.8 Å². The minimum atomic E-state index is 0.109. The van der Waals surface area contributed by atoms with Crippen molar-refractivity contribution in [3.05, 3.63) is 36.2 Å². The van der Waals surface area contributed by atoms with Gasteiger partial charge in [0.1, 0.15) is 26.4 Å². The molecule has 1 aliphatic heterocycles. The Morgan fingerprint density at radius 2 is 1.97 bits per heavy atom. The number of hydrogen-bond donors (Lipinski definition) is 1. The monoisotopic (exact) mass is 406 g/mol. The van der Waals surface area contributed by atoms with Crippen LogP contribution >= 0.6 is 11.3 Å². The maximum absolute atomic E-state index is 12.9. The number of pyridine rings is 1. The number of anilines is 1. The van der Waals surface area contributed by atoms with Gasteiger partial charge in [0.25, 0.3) is 5.91 Å². The van der Waals surface area contributed by atoms with Crippen LogP contribution in [0, 0.1) is 0 Å². The number of piperidine rings is 1. The second-order valence-corrected chi connectivity index (χ2v) is 8.35. The average Bonchev–Trinajstić information content (AvgIpc) is 3.37. The number of carbonyl (C=O) groups excluding carboxylic acids is 1. The van der Waals surface area contributed by atoms with Gasteiger partial charge in [0.2, 0.25) is 0 Å². The number of thiazole rings is 1. The van der Waals surface area contributed by atoms with Gasteiger partial charge in [-0.15, -0.1) is 0 Å². The Morgan fingerprint density at radius 1 is 1.14 bits per heavy atom. The molecule has 29 heavy (non-hydrogen) atoms. The smallest absolute Gasteiger partial charge is 0.253 e. The highest BCUT2D eigenvalue weighted by Crippen LogP contribution is 2.35. The molecule has 7 nitrogen and oxygen atoms in total. The van der Waals surface area contributed by atoms with Gasteiger partial charge in [-0.3, -0.25) is 4.79 Å². The third-order valence-corrected chi connectivity index (χ3v) is 6.44. The summed E-state index contributed by atoms with van der Waals surface area (Å²) in [5.74, 6) is 0.856. The SMILES string of the molecule is CNc1nc2sc(-c3cccc(C(=O)N4CCCCC4)c3)nc2c2c1ncn2C. The van der Waals surface area contributed by atoms with E-state index in [0.717, 1.165) is 69.3 Å². The topological polar surface area (TPSA) is 75.9 Å². The zero-order valence-electron chi connectivity index (χ0n) is 16.5. The van der Waals surface area contributed by atoms with Gasteiger partial charge in [-0.05, 0) is 31.4 Å². The molecule has 1 amide bonds. The molecule has 0 saturated carbocycles. The highest BCUT2D eigenvalue weighted by atomic mass is 32.1. The molecule has 148 valence electrons. The molecular formula is C21H22N6OS. The molecule has 8 heteroatoms. The third-order valence-electron chi connectivity index (χ3n) is 5.44. The number of rotatable bonds is 3. The number of nitrogens with zero attached hydrogens (tertiary/aromatic N) is 5. The van der Waals surface area contributed by atoms with E-state index in [-0.39, 0.29) is 5.91 Å². The second kappa shape index (κ2) is 7.11. The molecule has 4 heterocycles. The minimum Gasteiger partial charge on any atom is -0.371 e. The summed E-state index contributed by atoms with van der Waals surface area (Å²) in [6, 6.07) is 7.79. The predicted octanol–water partition coefficient (Wildman–Crippen LogP) is 3.91. The van der Waals surface area contributed by atoms with Crippen LogP contribution in [-0.4, -0.2) is 50.5 Å². The maximum Gasteiger partial charge on any atom is 0.253 e. The number of carbonyl (C=O) groups is 1. The third kappa shape index (κ3) is 3.04. The maximum atomic E-state index is 12.9. The molecule has 3 aromatic heterocycles. The van der Waals surface area contributed by atoms with E-state index in [0.29, 0.717) is 0 Å². The largest absolute Gasteiger partial charge is 0.371 e. The molecule has 0 radical (unpaired) electrons. The van der Waals surface area contributed by atoms with E-state index in [1.165, 1.54) is 17.8 Å². The Balaban J connectivity index is 1.58. The van der Waals surface area contributed by atoms with Crippen molar-refractivity contribution in [1.82, 2.24) is 24.4 Å². The molecule has 1 fully saturated rings. The van der Waals surface area contributed by atoms with Crippen molar-refractivity contribution in [2.24, 2.45) is 7.05 Å². The zero-order chi connectivity index (χ0) is 20.0. The van der Waals surface area contributed by atoms with Crippen molar-refractivity contribution in [3.8, 4) is 10.6 Å². The van der Waals surface area contributed by atoms with Gasteiger partial charge in [0.15, 0.2) is 5.82 Å². The Bertz CT molecular complexity index is 1220. The number of hydrogen-bond acceptors (Lipinski definition) is 6. The lowest BCUT2D eigenvalue weighted by Crippen LogP contribution is -2.35. The number of imidazole rings is 1. The van der Waals surface area contributed by atoms with Gasteiger partial charge < -0.3 is 14.8 Å². The van der Waals surface area contributed by atoms with E-state index in [1.54, 1.807) is 6.33 Å². The van der Waals surface area contributed by atoms with Gasteiger partial charge in [-0.1, -0.05) is 23.5 Å². The van der Waals surface area contributed by atoms with Crippen molar-refractivity contribution >= 4 is 44.4 Å². The summed E-state index contributed by atoms with van der Waals surface area (Å²) >= 11 is 1.53. The van der Waals surface area contributed by atoms with E-state index in [4.69, 9.17) is 9.97 Å². The van der Waals surface area contributed by atoms with Gasteiger partial charge in [0, 0.05) is 38.3 Å². The van der Waals surface area contributed by atoms with Crippen LogP contribution in [0.25, 0.3) is 32.0 Å². The minimum absolute atomic E-state index is 0.109. The first-order valence-electron chi connectivity index (χ1n) is 9.85. The molecule has 1 N–H and O–H groups in total. The zero-order valence-corrected chi connectivity index (χ0v) is 17.3. The molecule has 1 aromatic carbocycles. The van der Waals surface area contributed by atoms with Crippen LogP contribution in [0.5, 0.6) is 0 Å². The summed E-state index contributed by atoms with van der Waals surface area (Å²) < 4.78 is 1.97. The first-order valence-corrected chi connectivity index (χ1v) is 10.7. The van der Waals surface area contributed by atoms with Crippen LogP contribution in [0.2, 0.25) is 0 Å². The summed E-state index contributed by atoms with van der Waals surface area (Å²) in [5, 5.41) is 3.98. The number of aryl methyl sites for hydroxylation is 1. The molecule has 0 bridgehead atoms. The van der Waals surface area contributed by atoms with Gasteiger partial charge in [0.05, 0.1) is 6.33 Å². The molecular weight excluding hydrogens is 384 g/mol. The Hall–Kier alpha value is -3.00. The summed E-state index contributed by atoms with van der Waals surface area (Å²) in [5.41, 5.74) is 4.28. The summed E-state index contributed by atoms with van der Waals surface area (Å²) in [7, 11) is 3.81. The molecule has 5 rings (SSSR count). The molecule has 0 atom stereocenters. The van der Waals surface area contributed by atoms with Crippen molar-refractivity contribution in [1.29, 1.82) is 0 Å². The number of amides is 1. The van der Waals surface area contributed by atoms with Crippen LogP contribution in [-0.2, 0) is 7.05 Å². The number of fused-ring (bicyclic) bond motifs is 3. The fraction of sp³-hybridized carbons (Fsp3) is 0.333. The van der Waals surface area contributed by atoms with Crippen molar-refractivity contribution in [2.45, 2.75) is 19.3 Å². The van der Waals surface area contributed by atoms with Crippen molar-refractivity contribution in [3.63, 3.8) is 0 Å². The first kappa shape index (κ1) is 18.1. The summed E-state index contributed by atoms with van der Waals surface area (Å²) in [6.45, 7) is 1.69. The van der Waals surface area contributed by atoms with E-state index in [2.05, 4.69) is 10.3 Å². The standard InChI is InChI=1S/C21H22N6OS/c1-22-18-15-17(26(2)12-23-15)16-20(25-18)29-19(24-16)13-7-6-8-14(11-13)21(28)27-9-4-3-5-10-27/h6-8,11-12H,3-5,9-10H2,1-2H3,(H,22,25). The van der Waals surface area contributed by atoms with Crippen LogP contribution in [0.3, 0.4) is 0 Å². The van der Waals surface area contributed by atoms with Gasteiger partial charge >= 0.3 is 0 Å². The highest BCUT2D eigenvalue weighted by molar-refractivity contribution is 7.21. The van der Waals surface area contributed by atoms with Crippen LogP contribution in [0.15, 0.2) is 30.6 Å². The molecule has 0 spiro atoms. The van der Waals surface area contributed by atoms with Crippen molar-refractivity contribution in [2.75, 3.05) is 25.5 Å². The quantitative estimate of drug-likeness (QED) is 0.558. The van der Waals surface area contributed by atoms with Gasteiger partial charge in [-0.25, -0.2) is 15.0 Å². The summed E-state index contributed by atoms with van der Waals surface area (Å²) in [6.07, 6.45) is 5.16. The van der Waals surface area contributed by atoms with Crippen LogP contribution < -0.4 is 5.32 Å². The highest BCUT2D eigenvalue weighted by Gasteiger charge is 2.20. The van der Waals surface area contributed by atoms with Gasteiger partial charge in [-0.2, -0.15) is 0 Å². The molecule has 0 unspecified atom stereocenters. The van der Waals surface area contributed by atoms with E-state index in [9.17, 15) is 4.79 Å².